The van der Waals surface area contributed by atoms with Crippen LogP contribution in [0.4, 0.5) is 11.5 Å². The molecule has 3 aromatic rings. The molecule has 0 radical (unpaired) electrons. The summed E-state index contributed by atoms with van der Waals surface area (Å²) < 4.78 is 0. The molecule has 0 bridgehead atoms. The number of benzene rings is 1. The Morgan fingerprint density at radius 2 is 2.04 bits per heavy atom. The number of hydrogen-bond donors (Lipinski definition) is 1. The number of nitrogens with zero attached hydrogens (tertiary/aromatic N) is 4. The molecule has 0 unspecified atom stereocenters. The zero-order chi connectivity index (χ0) is 17.3. The van der Waals surface area contributed by atoms with Gasteiger partial charge in [0.2, 0.25) is 0 Å². The molecule has 1 N–H and O–H groups in total. The molecular weight excluding hydrogens is 326 g/mol. The summed E-state index contributed by atoms with van der Waals surface area (Å²) in [6.07, 6.45) is 1.48. The van der Waals surface area contributed by atoms with Crippen LogP contribution in [-0.4, -0.2) is 20.6 Å². The van der Waals surface area contributed by atoms with Crippen molar-refractivity contribution in [3.63, 3.8) is 0 Å². The van der Waals surface area contributed by atoms with Crippen molar-refractivity contribution in [2.75, 3.05) is 5.43 Å². The van der Waals surface area contributed by atoms with Gasteiger partial charge in [-0.05, 0) is 32.4 Å². The van der Waals surface area contributed by atoms with Gasteiger partial charge in [0, 0.05) is 10.9 Å². The average molecular weight is 341 g/mol. The lowest BCUT2D eigenvalue weighted by molar-refractivity contribution is -0.385. The third-order valence-electron chi connectivity index (χ3n) is 3.79. The largest absolute Gasteiger partial charge is 0.278 e. The number of hydrogen-bond acceptors (Lipinski definition) is 7. The second kappa shape index (κ2) is 6.32. The molecule has 0 amide bonds. The predicted molar refractivity (Wildman–Crippen MR) is 95.8 cm³/mol. The number of nitro groups is 1. The Balaban J connectivity index is 1.99. The van der Waals surface area contributed by atoms with Gasteiger partial charge in [-0.3, -0.25) is 15.5 Å². The van der Waals surface area contributed by atoms with Crippen LogP contribution < -0.4 is 5.43 Å². The first-order valence-corrected chi connectivity index (χ1v) is 8.05. The molecule has 24 heavy (non-hydrogen) atoms. The highest BCUT2D eigenvalue weighted by Crippen LogP contribution is 2.32. The number of thiophene rings is 1. The number of nitro benzene ring substituents is 1. The zero-order valence-corrected chi connectivity index (χ0v) is 14.2. The lowest BCUT2D eigenvalue weighted by Gasteiger charge is -2.05. The third-order valence-corrected chi connectivity index (χ3v) is 4.90. The Labute approximate surface area is 142 Å². The number of rotatable bonds is 4. The molecule has 0 aliphatic heterocycles. The van der Waals surface area contributed by atoms with Gasteiger partial charge in [-0.2, -0.15) is 5.10 Å². The van der Waals surface area contributed by atoms with Crippen molar-refractivity contribution < 1.29 is 4.92 Å². The van der Waals surface area contributed by atoms with Crippen molar-refractivity contribution in [3.05, 3.63) is 56.7 Å². The fourth-order valence-corrected chi connectivity index (χ4v) is 3.40. The summed E-state index contributed by atoms with van der Waals surface area (Å²) in [5, 5.41) is 16.3. The highest BCUT2D eigenvalue weighted by molar-refractivity contribution is 7.18. The van der Waals surface area contributed by atoms with E-state index in [2.05, 4.69) is 20.5 Å². The number of fused-ring (bicyclic) bond motifs is 1. The van der Waals surface area contributed by atoms with E-state index in [1.54, 1.807) is 36.5 Å². The number of anilines is 1. The van der Waals surface area contributed by atoms with Crippen molar-refractivity contribution in [1.82, 2.24) is 9.97 Å². The minimum absolute atomic E-state index is 0.0240. The van der Waals surface area contributed by atoms with Crippen LogP contribution in [0.2, 0.25) is 0 Å². The molecule has 0 fully saturated rings. The topological polar surface area (TPSA) is 93.3 Å². The average Bonchev–Trinajstić information content (AvgIpc) is 2.87. The quantitative estimate of drug-likeness (QED) is 0.439. The van der Waals surface area contributed by atoms with Crippen LogP contribution in [0.1, 0.15) is 22.9 Å². The molecule has 0 saturated carbocycles. The molecular formula is C16H15N5O2S. The number of aryl methyl sites for hydroxylation is 2. The predicted octanol–water partition coefficient (Wildman–Crippen LogP) is 4.05. The van der Waals surface area contributed by atoms with Crippen LogP contribution in [0.25, 0.3) is 10.2 Å². The van der Waals surface area contributed by atoms with Crippen LogP contribution in [0.3, 0.4) is 0 Å². The highest BCUT2D eigenvalue weighted by Gasteiger charge is 2.15. The molecule has 0 saturated heterocycles. The molecule has 0 spiro atoms. The molecule has 0 aliphatic carbocycles. The van der Waals surface area contributed by atoms with Crippen molar-refractivity contribution >= 4 is 38.8 Å². The zero-order valence-electron chi connectivity index (χ0n) is 13.4. The molecule has 122 valence electrons. The maximum absolute atomic E-state index is 11.1. The first kappa shape index (κ1) is 16.0. The lowest BCUT2D eigenvalue weighted by Crippen LogP contribution is -2.04. The van der Waals surface area contributed by atoms with Crippen molar-refractivity contribution in [2.24, 2.45) is 5.10 Å². The van der Waals surface area contributed by atoms with E-state index in [1.807, 2.05) is 13.8 Å². The Bertz CT molecular complexity index is 964. The van der Waals surface area contributed by atoms with Crippen LogP contribution in [-0.2, 0) is 0 Å². The van der Waals surface area contributed by atoms with Gasteiger partial charge in [0.25, 0.3) is 5.69 Å². The van der Waals surface area contributed by atoms with Crippen molar-refractivity contribution in [3.8, 4) is 0 Å². The van der Waals surface area contributed by atoms with E-state index in [4.69, 9.17) is 0 Å². The molecule has 8 heteroatoms. The van der Waals surface area contributed by atoms with Gasteiger partial charge < -0.3 is 0 Å². The first-order chi connectivity index (χ1) is 11.5. The van der Waals surface area contributed by atoms with Gasteiger partial charge in [-0.15, -0.1) is 11.3 Å². The van der Waals surface area contributed by atoms with Crippen molar-refractivity contribution in [2.45, 2.75) is 20.8 Å². The smallest absolute Gasteiger partial charge is 0.260 e. The summed E-state index contributed by atoms with van der Waals surface area (Å²) in [5.41, 5.74) is 5.04. The summed E-state index contributed by atoms with van der Waals surface area (Å²) >= 11 is 1.60. The molecule has 0 aliphatic rings. The second-order valence-corrected chi connectivity index (χ2v) is 6.47. The Hall–Kier alpha value is -2.87. The number of aromatic nitrogens is 2. The Kier molecular flexibility index (Phi) is 4.22. The van der Waals surface area contributed by atoms with Gasteiger partial charge in [0.1, 0.15) is 11.2 Å². The fraction of sp³-hybridized carbons (Fsp3) is 0.188. The summed E-state index contributed by atoms with van der Waals surface area (Å²) in [5.74, 6) is 0.597. The summed E-state index contributed by atoms with van der Waals surface area (Å²) in [6, 6.07) is 6.52. The molecule has 2 aromatic heterocycles. The van der Waals surface area contributed by atoms with Gasteiger partial charge >= 0.3 is 0 Å². The lowest BCUT2D eigenvalue weighted by atomic mass is 10.1. The molecule has 3 rings (SSSR count). The van der Waals surface area contributed by atoms with Gasteiger partial charge in [-0.25, -0.2) is 9.97 Å². The minimum Gasteiger partial charge on any atom is -0.260 e. The van der Waals surface area contributed by atoms with E-state index >= 15 is 0 Å². The SMILES string of the molecule is C/C(=N/Nc1ncnc2sc(C)c(C)c12)c1ccccc1[N+](=O)[O-]. The van der Waals surface area contributed by atoms with E-state index in [-0.39, 0.29) is 5.69 Å². The fourth-order valence-electron chi connectivity index (χ4n) is 2.40. The van der Waals surface area contributed by atoms with Crippen molar-refractivity contribution in [1.29, 1.82) is 0 Å². The van der Waals surface area contributed by atoms with E-state index in [1.165, 1.54) is 17.3 Å². The maximum Gasteiger partial charge on any atom is 0.278 e. The summed E-state index contributed by atoms with van der Waals surface area (Å²) in [4.78, 5) is 21.3. The number of para-hydroxylation sites is 1. The van der Waals surface area contributed by atoms with E-state index in [0.29, 0.717) is 17.1 Å². The standard InChI is InChI=1S/C16H15N5O2S/c1-9-11(3)24-16-14(9)15(17-8-18-16)20-19-10(2)12-6-4-5-7-13(12)21(22)23/h4-8H,1-3H3,(H,17,18,20)/b19-10-. The number of nitrogens with one attached hydrogen (secondary N) is 1. The minimum atomic E-state index is -0.413. The molecule has 1 aromatic carbocycles. The van der Waals surface area contributed by atoms with Gasteiger partial charge in [0.05, 0.1) is 21.6 Å². The Morgan fingerprint density at radius 3 is 2.79 bits per heavy atom. The van der Waals surface area contributed by atoms with Crippen LogP contribution in [0, 0.1) is 24.0 Å². The monoisotopic (exact) mass is 341 g/mol. The highest BCUT2D eigenvalue weighted by atomic mass is 32.1. The van der Waals surface area contributed by atoms with E-state index in [9.17, 15) is 10.1 Å². The maximum atomic E-state index is 11.1. The van der Waals surface area contributed by atoms with Crippen LogP contribution >= 0.6 is 11.3 Å². The number of hydrazone groups is 1. The van der Waals surface area contributed by atoms with Crippen LogP contribution in [0.15, 0.2) is 35.7 Å². The summed E-state index contributed by atoms with van der Waals surface area (Å²) in [6.45, 7) is 5.77. The molecule has 7 nitrogen and oxygen atoms in total. The van der Waals surface area contributed by atoms with E-state index < -0.39 is 4.92 Å². The molecule has 0 atom stereocenters. The second-order valence-electron chi connectivity index (χ2n) is 5.27. The normalized spacial score (nSPS) is 11.7. The molecule has 2 heterocycles. The third kappa shape index (κ3) is 2.83. The summed E-state index contributed by atoms with van der Waals surface area (Å²) in [7, 11) is 0. The van der Waals surface area contributed by atoms with Crippen LogP contribution in [0.5, 0.6) is 0 Å². The first-order valence-electron chi connectivity index (χ1n) is 7.24. The van der Waals surface area contributed by atoms with E-state index in [0.717, 1.165) is 15.8 Å². The Morgan fingerprint density at radius 1 is 1.29 bits per heavy atom. The van der Waals surface area contributed by atoms with Gasteiger partial charge in [-0.1, -0.05) is 12.1 Å². The van der Waals surface area contributed by atoms with Gasteiger partial charge in [0.15, 0.2) is 5.82 Å².